The van der Waals surface area contributed by atoms with Gasteiger partial charge in [-0.15, -0.1) is 0 Å². The summed E-state index contributed by atoms with van der Waals surface area (Å²) in [6.45, 7) is 8.48. The molecule has 0 fully saturated rings. The van der Waals surface area contributed by atoms with E-state index in [1.54, 1.807) is 24.3 Å². The average molecular weight is 759 g/mol. The molecule has 1 N–H and O–H groups in total. The summed E-state index contributed by atoms with van der Waals surface area (Å²) in [5, 5.41) is 22.8. The molecule has 9 heteroatoms. The number of hydrogen-bond acceptors (Lipinski definition) is 5. The number of carbonyl (C=O) groups is 2. The van der Waals surface area contributed by atoms with Crippen LogP contribution < -0.4 is 14.9 Å². The van der Waals surface area contributed by atoms with Gasteiger partial charge in [0.1, 0.15) is 7.05 Å². The van der Waals surface area contributed by atoms with Gasteiger partial charge in [0.2, 0.25) is 5.69 Å². The second kappa shape index (κ2) is 13.8. The number of halogens is 2. The van der Waals surface area contributed by atoms with E-state index >= 15 is 0 Å². The molecule has 0 saturated heterocycles. The van der Waals surface area contributed by atoms with Gasteiger partial charge in [-0.05, 0) is 128 Å². The number of carbonyl (C=O) groups excluding carboxylic acids is 1. The number of rotatable bonds is 8. The summed E-state index contributed by atoms with van der Waals surface area (Å²) in [6.07, 6.45) is 10.3. The van der Waals surface area contributed by atoms with Gasteiger partial charge >= 0.3 is 5.97 Å². The monoisotopic (exact) mass is 757 g/mol. The Hall–Kier alpha value is -5.37. The number of allylic oxidation sites excluding steroid dienone is 7. The SMILES string of the molecule is CN1C(=CC=C2CCC(C=CC3=[N+](C)c4ccc(C(=O)O)cc4C3(C)C)=C2N(c2ccc(Cl)cc2)c2ccc(Cl)cc2)C(C)(C)c2cc(C(=O)[O-])ccc21. The first-order valence-corrected chi connectivity index (χ1v) is 18.6. The van der Waals surface area contributed by atoms with Gasteiger partial charge in [0, 0.05) is 63.0 Å². The molecule has 0 radical (unpaired) electrons. The highest BCUT2D eigenvalue weighted by Crippen LogP contribution is 2.48. The van der Waals surface area contributed by atoms with Crippen molar-refractivity contribution in [2.45, 2.75) is 51.4 Å². The van der Waals surface area contributed by atoms with E-state index in [4.69, 9.17) is 23.2 Å². The summed E-state index contributed by atoms with van der Waals surface area (Å²) in [6, 6.07) is 26.1. The first kappa shape index (κ1) is 37.0. The Morgan fingerprint density at radius 3 is 1.98 bits per heavy atom. The molecule has 7 nitrogen and oxygen atoms in total. The van der Waals surface area contributed by atoms with Gasteiger partial charge in [0.15, 0.2) is 5.71 Å². The van der Waals surface area contributed by atoms with Gasteiger partial charge in [-0.25, -0.2) is 4.79 Å². The summed E-state index contributed by atoms with van der Waals surface area (Å²) < 4.78 is 2.14. The summed E-state index contributed by atoms with van der Waals surface area (Å²) >= 11 is 12.8. The van der Waals surface area contributed by atoms with Crippen molar-refractivity contribution in [1.82, 2.24) is 0 Å². The zero-order valence-electron chi connectivity index (χ0n) is 31.1. The number of hydrogen-bond donors (Lipinski definition) is 1. The fourth-order valence-electron chi connectivity index (χ4n) is 8.20. The number of carboxylic acid groups (broad SMARTS) is 2. The summed E-state index contributed by atoms with van der Waals surface area (Å²) in [4.78, 5) is 28.0. The third-order valence-electron chi connectivity index (χ3n) is 11.1. The lowest BCUT2D eigenvalue weighted by atomic mass is 9.80. The molecule has 1 aliphatic carbocycles. The third kappa shape index (κ3) is 6.35. The summed E-state index contributed by atoms with van der Waals surface area (Å²) in [7, 11) is 4.04. The van der Waals surface area contributed by atoms with Crippen molar-refractivity contribution < 1.29 is 24.4 Å². The van der Waals surface area contributed by atoms with Crippen LogP contribution in [0.2, 0.25) is 10.0 Å². The predicted molar refractivity (Wildman–Crippen MR) is 216 cm³/mol. The van der Waals surface area contributed by atoms with E-state index < -0.39 is 22.8 Å². The second-order valence-corrected chi connectivity index (χ2v) is 15.9. The van der Waals surface area contributed by atoms with Crippen LogP contribution in [0.15, 0.2) is 132 Å². The minimum Gasteiger partial charge on any atom is -0.545 e. The van der Waals surface area contributed by atoms with Gasteiger partial charge in [-0.1, -0.05) is 55.3 Å². The number of carboxylic acids is 2. The Morgan fingerprint density at radius 1 is 0.796 bits per heavy atom. The number of nitrogens with zero attached hydrogens (tertiary/aromatic N) is 3. The van der Waals surface area contributed by atoms with Crippen LogP contribution in [-0.4, -0.2) is 41.4 Å². The number of likely N-dealkylation sites (N-methyl/N-ethyl adjacent to an activating group) is 1. The molecule has 0 bridgehead atoms. The van der Waals surface area contributed by atoms with Crippen LogP contribution in [0.4, 0.5) is 22.7 Å². The molecule has 54 heavy (non-hydrogen) atoms. The topological polar surface area (TPSA) is 86.9 Å². The standard InChI is InChI=1S/C45H41Cl2N3O4/c1-44(2)35-25-29(42(51)52)9-21-37(35)48(5)39(44)23-11-27-7-8-28(12-24-40-45(3,4)36-26-30(43(53)54)10-22-38(36)49(40)6)41(27)50(33-17-13-31(46)14-18-33)34-19-15-32(47)16-20-34/h9-26H,7-8H2,1-6H3,(H-,51,52,53,54). The first-order valence-electron chi connectivity index (χ1n) is 17.8. The molecule has 0 spiro atoms. The molecule has 2 heterocycles. The van der Waals surface area contributed by atoms with E-state index in [9.17, 15) is 19.8 Å². The molecule has 274 valence electrons. The smallest absolute Gasteiger partial charge is 0.335 e. The molecule has 4 aromatic rings. The second-order valence-electron chi connectivity index (χ2n) is 15.0. The predicted octanol–water partition coefficient (Wildman–Crippen LogP) is 9.74. The zero-order valence-corrected chi connectivity index (χ0v) is 32.6. The van der Waals surface area contributed by atoms with E-state index in [1.165, 1.54) is 0 Å². The fraction of sp³-hybridized carbons (Fsp3) is 0.222. The van der Waals surface area contributed by atoms with Crippen molar-refractivity contribution in [1.29, 1.82) is 0 Å². The van der Waals surface area contributed by atoms with Crippen LogP contribution in [0.5, 0.6) is 0 Å². The molecule has 3 aliphatic rings. The Balaban J connectivity index is 1.38. The lowest BCUT2D eigenvalue weighted by Crippen LogP contribution is -2.27. The van der Waals surface area contributed by atoms with Crippen molar-refractivity contribution in [2.75, 3.05) is 23.9 Å². The van der Waals surface area contributed by atoms with Crippen LogP contribution in [-0.2, 0) is 10.8 Å². The van der Waals surface area contributed by atoms with Gasteiger partial charge in [0.05, 0.1) is 22.6 Å². The molecular weight excluding hydrogens is 717 g/mol. The van der Waals surface area contributed by atoms with E-state index in [0.717, 1.165) is 75.0 Å². The van der Waals surface area contributed by atoms with Crippen LogP contribution >= 0.6 is 23.2 Å². The molecule has 4 aromatic carbocycles. The van der Waals surface area contributed by atoms with Crippen molar-refractivity contribution in [3.8, 4) is 0 Å². The summed E-state index contributed by atoms with van der Waals surface area (Å²) in [5.41, 5.74) is 10.6. The van der Waals surface area contributed by atoms with Crippen LogP contribution in [0.25, 0.3) is 0 Å². The van der Waals surface area contributed by atoms with Gasteiger partial charge in [0.25, 0.3) is 0 Å². The molecule has 0 saturated carbocycles. The average Bonchev–Trinajstić information content (AvgIpc) is 3.68. The minimum atomic E-state index is -1.19. The highest BCUT2D eigenvalue weighted by molar-refractivity contribution is 6.31. The molecule has 0 aromatic heterocycles. The van der Waals surface area contributed by atoms with Gasteiger partial charge < -0.3 is 24.8 Å². The molecule has 7 rings (SSSR count). The Morgan fingerprint density at radius 2 is 1.39 bits per heavy atom. The van der Waals surface area contributed by atoms with Crippen LogP contribution in [0, 0.1) is 0 Å². The maximum Gasteiger partial charge on any atom is 0.335 e. The third-order valence-corrected chi connectivity index (χ3v) is 11.6. The maximum absolute atomic E-state index is 11.9. The zero-order chi connectivity index (χ0) is 38.7. The molecule has 0 amide bonds. The van der Waals surface area contributed by atoms with Gasteiger partial charge in [-0.2, -0.15) is 4.58 Å². The maximum atomic E-state index is 11.9. The minimum absolute atomic E-state index is 0.160. The Kier molecular flexibility index (Phi) is 9.45. The number of fused-ring (bicyclic) bond motifs is 2. The number of benzene rings is 4. The fourth-order valence-corrected chi connectivity index (χ4v) is 8.46. The largest absolute Gasteiger partial charge is 0.545 e. The van der Waals surface area contributed by atoms with Crippen molar-refractivity contribution in [2.24, 2.45) is 0 Å². The summed E-state index contributed by atoms with van der Waals surface area (Å²) in [5.74, 6) is -2.14. The first-order chi connectivity index (χ1) is 25.6. The lowest BCUT2D eigenvalue weighted by molar-refractivity contribution is -0.401. The molecular formula is C45H41Cl2N3O4. The van der Waals surface area contributed by atoms with Crippen molar-refractivity contribution in [3.63, 3.8) is 0 Å². The highest BCUT2D eigenvalue weighted by Gasteiger charge is 2.44. The Labute approximate surface area is 326 Å². The Bertz CT molecular complexity index is 2340. The van der Waals surface area contributed by atoms with E-state index in [1.807, 2.05) is 74.8 Å². The van der Waals surface area contributed by atoms with Crippen molar-refractivity contribution >= 4 is 63.6 Å². The molecule has 0 atom stereocenters. The number of anilines is 3. The lowest BCUT2D eigenvalue weighted by Gasteiger charge is -2.29. The number of aromatic carboxylic acids is 2. The quantitative estimate of drug-likeness (QED) is 0.180. The van der Waals surface area contributed by atoms with Crippen LogP contribution in [0.3, 0.4) is 0 Å². The normalized spacial score (nSPS) is 18.6. The molecule has 2 aliphatic heterocycles. The van der Waals surface area contributed by atoms with Crippen molar-refractivity contribution in [3.05, 3.63) is 164 Å². The highest BCUT2D eigenvalue weighted by atomic mass is 35.5. The van der Waals surface area contributed by atoms with Crippen LogP contribution in [0.1, 0.15) is 72.4 Å². The van der Waals surface area contributed by atoms with E-state index in [2.05, 4.69) is 66.4 Å². The van der Waals surface area contributed by atoms with E-state index in [0.29, 0.717) is 10.0 Å². The molecule has 0 unspecified atom stereocenters. The van der Waals surface area contributed by atoms with E-state index in [-0.39, 0.29) is 11.1 Å². The van der Waals surface area contributed by atoms with Gasteiger partial charge in [-0.3, -0.25) is 0 Å².